The van der Waals surface area contributed by atoms with Crippen LogP contribution in [0, 0.1) is 11.3 Å². The minimum atomic E-state index is -0.996. The quantitative estimate of drug-likeness (QED) is 0.806. The van der Waals surface area contributed by atoms with Gasteiger partial charge in [-0.25, -0.2) is 4.79 Å². The van der Waals surface area contributed by atoms with Crippen LogP contribution in [-0.2, 0) is 16.0 Å². The minimum absolute atomic E-state index is 0.195. The van der Waals surface area contributed by atoms with Gasteiger partial charge in [-0.15, -0.1) is 0 Å². The van der Waals surface area contributed by atoms with Crippen LogP contribution in [0.1, 0.15) is 39.7 Å². The van der Waals surface area contributed by atoms with Crippen molar-refractivity contribution < 1.29 is 14.7 Å². The topological polar surface area (TPSA) is 66.4 Å². The Labute approximate surface area is 136 Å². The van der Waals surface area contributed by atoms with E-state index in [1.165, 1.54) is 0 Å². The number of carboxylic acid groups (broad SMARTS) is 1. The van der Waals surface area contributed by atoms with E-state index in [0.29, 0.717) is 17.9 Å². The Morgan fingerprint density at radius 2 is 1.77 bits per heavy atom. The monoisotopic (exact) mass is 325 g/mol. The van der Waals surface area contributed by atoms with E-state index in [1.54, 1.807) is 12.1 Å². The van der Waals surface area contributed by atoms with Crippen LogP contribution < -0.4 is 5.32 Å². The number of hydrogen-bond acceptors (Lipinski definition) is 2. The summed E-state index contributed by atoms with van der Waals surface area (Å²) in [6, 6.07) is 6.46. The summed E-state index contributed by atoms with van der Waals surface area (Å²) < 4.78 is 0. The van der Waals surface area contributed by atoms with Crippen molar-refractivity contribution in [1.82, 2.24) is 5.32 Å². The van der Waals surface area contributed by atoms with Crippen LogP contribution in [0.4, 0.5) is 0 Å². The van der Waals surface area contributed by atoms with Crippen molar-refractivity contribution in [2.45, 2.75) is 46.6 Å². The molecule has 22 heavy (non-hydrogen) atoms. The molecule has 0 aliphatic carbocycles. The maximum atomic E-state index is 12.4. The van der Waals surface area contributed by atoms with Gasteiger partial charge in [0.25, 0.3) is 0 Å². The predicted octanol–water partition coefficient (Wildman–Crippen LogP) is 3.52. The molecule has 0 spiro atoms. The third-order valence-corrected chi connectivity index (χ3v) is 3.74. The predicted molar refractivity (Wildman–Crippen MR) is 88.0 cm³/mol. The van der Waals surface area contributed by atoms with Gasteiger partial charge in [0.1, 0.15) is 6.04 Å². The van der Waals surface area contributed by atoms with Gasteiger partial charge in [-0.1, -0.05) is 51.4 Å². The second-order valence-electron chi connectivity index (χ2n) is 6.68. The molecule has 0 aliphatic rings. The molecule has 1 aromatic rings. The van der Waals surface area contributed by atoms with Crippen LogP contribution in [-0.4, -0.2) is 23.0 Å². The van der Waals surface area contributed by atoms with Crippen LogP contribution in [0.3, 0.4) is 0 Å². The van der Waals surface area contributed by atoms with E-state index in [-0.39, 0.29) is 11.8 Å². The summed E-state index contributed by atoms with van der Waals surface area (Å²) in [4.78, 5) is 23.7. The molecule has 0 aromatic heterocycles. The minimum Gasteiger partial charge on any atom is -0.480 e. The first-order chi connectivity index (χ1) is 10.1. The van der Waals surface area contributed by atoms with Gasteiger partial charge in [0.2, 0.25) is 5.91 Å². The van der Waals surface area contributed by atoms with Crippen molar-refractivity contribution in [1.29, 1.82) is 0 Å². The average molecular weight is 326 g/mol. The summed E-state index contributed by atoms with van der Waals surface area (Å²) in [6.07, 6.45) is 0.933. The molecule has 0 fully saturated rings. The van der Waals surface area contributed by atoms with E-state index in [4.69, 9.17) is 11.6 Å². The molecule has 0 unspecified atom stereocenters. The van der Waals surface area contributed by atoms with Gasteiger partial charge in [-0.2, -0.15) is 0 Å². The lowest BCUT2D eigenvalue weighted by Crippen LogP contribution is -2.47. The molecule has 0 radical (unpaired) electrons. The van der Waals surface area contributed by atoms with E-state index >= 15 is 0 Å². The van der Waals surface area contributed by atoms with Crippen molar-refractivity contribution in [2.75, 3.05) is 0 Å². The highest BCUT2D eigenvalue weighted by molar-refractivity contribution is 6.30. The highest BCUT2D eigenvalue weighted by atomic mass is 35.5. The second-order valence-corrected chi connectivity index (χ2v) is 7.12. The van der Waals surface area contributed by atoms with E-state index in [2.05, 4.69) is 5.32 Å². The lowest BCUT2D eigenvalue weighted by atomic mass is 9.84. The molecule has 5 heteroatoms. The summed E-state index contributed by atoms with van der Waals surface area (Å²) in [6.45, 7) is 7.48. The standard InChI is InChI=1S/C17H24ClNO3/c1-11(2)9-14(15(20)21)19-16(22)17(3,4)10-12-5-7-13(18)8-6-12/h5-8,11,14H,9-10H2,1-4H3,(H,19,22)(H,20,21)/t14-/m0/s1. The number of carbonyl (C=O) groups excluding carboxylic acids is 1. The smallest absolute Gasteiger partial charge is 0.326 e. The van der Waals surface area contributed by atoms with Crippen LogP contribution in [0.15, 0.2) is 24.3 Å². The maximum Gasteiger partial charge on any atom is 0.326 e. The van der Waals surface area contributed by atoms with Crippen molar-refractivity contribution in [3.63, 3.8) is 0 Å². The van der Waals surface area contributed by atoms with Gasteiger partial charge in [0, 0.05) is 10.4 Å². The largest absolute Gasteiger partial charge is 0.480 e. The fourth-order valence-electron chi connectivity index (χ4n) is 2.24. The summed E-state index contributed by atoms with van der Waals surface area (Å²) >= 11 is 5.85. The molecule has 1 rings (SSSR count). The molecule has 1 amide bonds. The van der Waals surface area contributed by atoms with Gasteiger partial charge in [-0.05, 0) is 36.5 Å². The fourth-order valence-corrected chi connectivity index (χ4v) is 2.37. The Kier molecular flexibility index (Phi) is 6.42. The Hall–Kier alpha value is -1.55. The Morgan fingerprint density at radius 3 is 2.23 bits per heavy atom. The third kappa shape index (κ3) is 5.68. The summed E-state index contributed by atoms with van der Waals surface area (Å²) in [5.74, 6) is -1.05. The first-order valence-electron chi connectivity index (χ1n) is 7.40. The Balaban J connectivity index is 2.76. The van der Waals surface area contributed by atoms with Gasteiger partial charge in [-0.3, -0.25) is 4.79 Å². The first-order valence-corrected chi connectivity index (χ1v) is 7.78. The zero-order valence-corrected chi connectivity index (χ0v) is 14.3. The molecule has 2 N–H and O–H groups in total. The SMILES string of the molecule is CC(C)C[C@H](NC(=O)C(C)(C)Cc1ccc(Cl)cc1)C(=O)O. The van der Waals surface area contributed by atoms with Crippen molar-refractivity contribution >= 4 is 23.5 Å². The van der Waals surface area contributed by atoms with Gasteiger partial charge in [0.05, 0.1) is 0 Å². The van der Waals surface area contributed by atoms with E-state index in [9.17, 15) is 14.7 Å². The van der Waals surface area contributed by atoms with E-state index in [1.807, 2.05) is 39.8 Å². The normalized spacial score (nSPS) is 13.0. The van der Waals surface area contributed by atoms with Crippen LogP contribution in [0.5, 0.6) is 0 Å². The number of nitrogens with one attached hydrogen (secondary N) is 1. The van der Waals surface area contributed by atoms with Crippen molar-refractivity contribution in [2.24, 2.45) is 11.3 Å². The van der Waals surface area contributed by atoms with E-state index in [0.717, 1.165) is 5.56 Å². The number of halogens is 1. The van der Waals surface area contributed by atoms with Gasteiger partial charge >= 0.3 is 5.97 Å². The number of rotatable bonds is 7. The van der Waals surface area contributed by atoms with Crippen LogP contribution in [0.25, 0.3) is 0 Å². The zero-order chi connectivity index (χ0) is 16.9. The van der Waals surface area contributed by atoms with Crippen molar-refractivity contribution in [3.05, 3.63) is 34.9 Å². The molecular formula is C17H24ClNO3. The third-order valence-electron chi connectivity index (χ3n) is 3.48. The van der Waals surface area contributed by atoms with Gasteiger partial charge < -0.3 is 10.4 Å². The Bertz CT molecular complexity index is 523. The molecule has 0 saturated heterocycles. The first kappa shape index (κ1) is 18.5. The van der Waals surface area contributed by atoms with Gasteiger partial charge in [0.15, 0.2) is 0 Å². The van der Waals surface area contributed by atoms with Crippen LogP contribution >= 0.6 is 11.6 Å². The number of aliphatic carboxylic acids is 1. The number of carbonyl (C=O) groups is 2. The van der Waals surface area contributed by atoms with Crippen LogP contribution in [0.2, 0.25) is 5.02 Å². The number of amides is 1. The highest BCUT2D eigenvalue weighted by Crippen LogP contribution is 2.24. The lowest BCUT2D eigenvalue weighted by Gasteiger charge is -2.26. The molecule has 0 saturated carbocycles. The summed E-state index contributed by atoms with van der Waals surface area (Å²) in [5.41, 5.74) is 0.290. The molecular weight excluding hydrogens is 302 g/mol. The summed E-state index contributed by atoms with van der Waals surface area (Å²) in [7, 11) is 0. The molecule has 0 aliphatic heterocycles. The second kappa shape index (κ2) is 7.63. The number of benzene rings is 1. The fraction of sp³-hybridized carbons (Fsp3) is 0.529. The molecule has 122 valence electrons. The molecule has 1 aromatic carbocycles. The maximum absolute atomic E-state index is 12.4. The lowest BCUT2D eigenvalue weighted by molar-refractivity contribution is -0.143. The molecule has 0 heterocycles. The molecule has 4 nitrogen and oxygen atoms in total. The number of hydrogen-bond donors (Lipinski definition) is 2. The number of carboxylic acids is 1. The highest BCUT2D eigenvalue weighted by Gasteiger charge is 2.31. The zero-order valence-electron chi connectivity index (χ0n) is 13.5. The molecule has 1 atom stereocenters. The summed E-state index contributed by atoms with van der Waals surface area (Å²) in [5, 5.41) is 12.5. The van der Waals surface area contributed by atoms with E-state index < -0.39 is 17.4 Å². The Morgan fingerprint density at radius 1 is 1.23 bits per heavy atom. The molecule has 0 bridgehead atoms. The van der Waals surface area contributed by atoms with Crippen molar-refractivity contribution in [3.8, 4) is 0 Å². The average Bonchev–Trinajstić information content (AvgIpc) is 2.39.